The van der Waals surface area contributed by atoms with E-state index in [2.05, 4.69) is 34.2 Å². The second kappa shape index (κ2) is 9.86. The van der Waals surface area contributed by atoms with Crippen LogP contribution in [0.2, 0.25) is 0 Å². The molecule has 8 heteroatoms. The normalized spacial score (nSPS) is 20.3. The predicted molar refractivity (Wildman–Crippen MR) is 114 cm³/mol. The molecule has 7 nitrogen and oxygen atoms in total. The second-order valence-corrected chi connectivity index (χ2v) is 6.41. The van der Waals surface area contributed by atoms with E-state index in [-0.39, 0.29) is 34.6 Å². The first-order valence-corrected chi connectivity index (χ1v) is 8.83. The lowest BCUT2D eigenvalue weighted by atomic mass is 10.2. The van der Waals surface area contributed by atoms with Crippen molar-refractivity contribution in [3.8, 4) is 0 Å². The molecule has 0 saturated carbocycles. The molecule has 0 aliphatic carbocycles. The van der Waals surface area contributed by atoms with Crippen molar-refractivity contribution < 1.29 is 4.92 Å². The number of nitro benzene ring substituents is 1. The molecule has 1 aromatic carbocycles. The van der Waals surface area contributed by atoms with Crippen LogP contribution >= 0.6 is 24.0 Å². The fourth-order valence-corrected chi connectivity index (χ4v) is 3.39. The zero-order chi connectivity index (χ0) is 17.6. The van der Waals surface area contributed by atoms with Crippen molar-refractivity contribution in [2.24, 2.45) is 4.99 Å². The third-order valence-corrected chi connectivity index (χ3v) is 4.69. The molecule has 1 fully saturated rings. The third kappa shape index (κ3) is 5.16. The standard InChI is InChI=1S/C18H25N5O2.HI/c1-2-19-18(20-13-15-6-5-7-16(12-15)23(24)25)22-11-8-17(14-22)21-9-3-4-10-21;/h3-7,12,17H,2,8-11,13-14H2,1H3,(H,19,20);1H. The summed E-state index contributed by atoms with van der Waals surface area (Å²) in [5.41, 5.74) is 0.963. The number of nitrogens with one attached hydrogen (secondary N) is 1. The molecule has 1 saturated heterocycles. The van der Waals surface area contributed by atoms with E-state index < -0.39 is 0 Å². The molecule has 0 bridgehead atoms. The highest BCUT2D eigenvalue weighted by molar-refractivity contribution is 14.0. The number of guanidine groups is 1. The maximum absolute atomic E-state index is 10.9. The highest BCUT2D eigenvalue weighted by Gasteiger charge is 2.29. The molecule has 0 radical (unpaired) electrons. The molecule has 142 valence electrons. The van der Waals surface area contributed by atoms with Crippen molar-refractivity contribution in [2.45, 2.75) is 25.9 Å². The SMILES string of the molecule is CCNC(=NCc1cccc([N+](=O)[O-])c1)N1CCC(N2CC=CC2)C1.I. The van der Waals surface area contributed by atoms with Crippen LogP contribution in [0.25, 0.3) is 0 Å². The van der Waals surface area contributed by atoms with E-state index in [1.807, 2.05) is 6.07 Å². The lowest BCUT2D eigenvalue weighted by Crippen LogP contribution is -2.42. The summed E-state index contributed by atoms with van der Waals surface area (Å²) in [6.45, 7) is 7.35. The van der Waals surface area contributed by atoms with Gasteiger partial charge < -0.3 is 10.2 Å². The van der Waals surface area contributed by atoms with E-state index in [1.54, 1.807) is 12.1 Å². The Morgan fingerprint density at radius 2 is 2.15 bits per heavy atom. The Morgan fingerprint density at radius 1 is 1.38 bits per heavy atom. The molecule has 3 rings (SSSR count). The number of non-ortho nitro benzene ring substituents is 1. The molecule has 2 aliphatic heterocycles. The van der Waals surface area contributed by atoms with Gasteiger partial charge in [-0.25, -0.2) is 4.99 Å². The maximum atomic E-state index is 10.9. The highest BCUT2D eigenvalue weighted by Crippen LogP contribution is 2.18. The first-order chi connectivity index (χ1) is 12.2. The average molecular weight is 471 g/mol. The molecule has 0 spiro atoms. The number of benzene rings is 1. The third-order valence-electron chi connectivity index (χ3n) is 4.69. The number of nitrogens with zero attached hydrogens (tertiary/aromatic N) is 4. The van der Waals surface area contributed by atoms with Crippen LogP contribution in [0.5, 0.6) is 0 Å². The molecule has 26 heavy (non-hydrogen) atoms. The van der Waals surface area contributed by atoms with E-state index in [9.17, 15) is 10.1 Å². The monoisotopic (exact) mass is 471 g/mol. The Bertz CT molecular complexity index is 671. The number of hydrogen-bond acceptors (Lipinski definition) is 4. The van der Waals surface area contributed by atoms with Crippen molar-refractivity contribution >= 4 is 35.6 Å². The average Bonchev–Trinajstić information content (AvgIpc) is 3.30. The van der Waals surface area contributed by atoms with Crippen LogP contribution < -0.4 is 5.32 Å². The summed E-state index contributed by atoms with van der Waals surface area (Å²) in [6.07, 6.45) is 5.59. The van der Waals surface area contributed by atoms with Gasteiger partial charge in [-0.3, -0.25) is 15.0 Å². The highest BCUT2D eigenvalue weighted by atomic mass is 127. The Hall–Kier alpha value is -1.68. The predicted octanol–water partition coefficient (Wildman–Crippen LogP) is 2.62. The van der Waals surface area contributed by atoms with Gasteiger partial charge in [0.25, 0.3) is 5.69 Å². The van der Waals surface area contributed by atoms with Gasteiger partial charge in [-0.2, -0.15) is 0 Å². The van der Waals surface area contributed by atoms with Gasteiger partial charge in [0, 0.05) is 50.9 Å². The molecular weight excluding hydrogens is 445 g/mol. The summed E-state index contributed by atoms with van der Waals surface area (Å²) in [5.74, 6) is 0.892. The molecule has 1 unspecified atom stereocenters. The van der Waals surface area contributed by atoms with Crippen LogP contribution in [0.1, 0.15) is 18.9 Å². The molecule has 0 aromatic heterocycles. The topological polar surface area (TPSA) is 74.0 Å². The number of rotatable bonds is 5. The van der Waals surface area contributed by atoms with Crippen LogP contribution in [0.3, 0.4) is 0 Å². The fourth-order valence-electron chi connectivity index (χ4n) is 3.39. The minimum atomic E-state index is -0.367. The molecule has 0 amide bonds. The molecule has 1 aromatic rings. The van der Waals surface area contributed by atoms with E-state index >= 15 is 0 Å². The minimum Gasteiger partial charge on any atom is -0.357 e. The van der Waals surface area contributed by atoms with Crippen LogP contribution in [0, 0.1) is 10.1 Å². The first-order valence-electron chi connectivity index (χ1n) is 8.83. The molecule has 1 N–H and O–H groups in total. The first kappa shape index (κ1) is 20.6. The second-order valence-electron chi connectivity index (χ2n) is 6.41. The smallest absolute Gasteiger partial charge is 0.269 e. The van der Waals surface area contributed by atoms with Gasteiger partial charge in [0.1, 0.15) is 0 Å². The van der Waals surface area contributed by atoms with E-state index in [4.69, 9.17) is 4.99 Å². The van der Waals surface area contributed by atoms with Crippen molar-refractivity contribution in [1.82, 2.24) is 15.1 Å². The van der Waals surface area contributed by atoms with E-state index in [1.165, 1.54) is 6.07 Å². The summed E-state index contributed by atoms with van der Waals surface area (Å²) < 4.78 is 0. The lowest BCUT2D eigenvalue weighted by molar-refractivity contribution is -0.384. The molecular formula is C18H26IN5O2. The van der Waals surface area contributed by atoms with Crippen LogP contribution in [-0.2, 0) is 6.54 Å². The number of likely N-dealkylation sites (tertiary alicyclic amines) is 1. The lowest BCUT2D eigenvalue weighted by Gasteiger charge is -2.25. The Morgan fingerprint density at radius 3 is 2.85 bits per heavy atom. The van der Waals surface area contributed by atoms with Gasteiger partial charge in [-0.1, -0.05) is 24.3 Å². The van der Waals surface area contributed by atoms with E-state index in [0.29, 0.717) is 12.6 Å². The summed E-state index contributed by atoms with van der Waals surface area (Å²) in [5, 5.41) is 14.3. The van der Waals surface area contributed by atoms with Crippen LogP contribution in [0.4, 0.5) is 5.69 Å². The largest absolute Gasteiger partial charge is 0.357 e. The summed E-state index contributed by atoms with van der Waals surface area (Å²) in [7, 11) is 0. The number of halogens is 1. The molecule has 2 aliphatic rings. The number of hydrogen-bond donors (Lipinski definition) is 1. The number of nitro groups is 1. The fraction of sp³-hybridized carbons (Fsp3) is 0.500. The van der Waals surface area contributed by atoms with Gasteiger partial charge in [0.15, 0.2) is 5.96 Å². The summed E-state index contributed by atoms with van der Waals surface area (Å²) in [6, 6.07) is 7.26. The van der Waals surface area contributed by atoms with Crippen molar-refractivity contribution in [3.05, 3.63) is 52.1 Å². The zero-order valence-corrected chi connectivity index (χ0v) is 17.3. The van der Waals surface area contributed by atoms with Gasteiger partial charge in [0.2, 0.25) is 0 Å². The Kier molecular flexibility index (Phi) is 7.83. The van der Waals surface area contributed by atoms with Gasteiger partial charge in [-0.15, -0.1) is 24.0 Å². The number of aliphatic imine (C=N–C) groups is 1. The Labute approximate surface area is 171 Å². The van der Waals surface area contributed by atoms with E-state index in [0.717, 1.165) is 50.7 Å². The summed E-state index contributed by atoms with van der Waals surface area (Å²) in [4.78, 5) is 20.0. The van der Waals surface area contributed by atoms with Crippen molar-refractivity contribution in [2.75, 3.05) is 32.7 Å². The minimum absolute atomic E-state index is 0. The van der Waals surface area contributed by atoms with Crippen LogP contribution in [-0.4, -0.2) is 59.4 Å². The van der Waals surface area contributed by atoms with Gasteiger partial charge in [-0.05, 0) is 18.9 Å². The molecule has 2 heterocycles. The quantitative estimate of drug-likeness (QED) is 0.179. The van der Waals surface area contributed by atoms with Crippen molar-refractivity contribution in [1.29, 1.82) is 0 Å². The van der Waals surface area contributed by atoms with Gasteiger partial charge >= 0.3 is 0 Å². The van der Waals surface area contributed by atoms with Crippen molar-refractivity contribution in [3.63, 3.8) is 0 Å². The van der Waals surface area contributed by atoms with Gasteiger partial charge in [0.05, 0.1) is 11.5 Å². The maximum Gasteiger partial charge on any atom is 0.269 e. The zero-order valence-electron chi connectivity index (χ0n) is 15.0. The molecule has 1 atom stereocenters. The van der Waals surface area contributed by atoms with Crippen LogP contribution in [0.15, 0.2) is 41.4 Å². The Balaban J connectivity index is 0.00000243. The summed E-state index contributed by atoms with van der Waals surface area (Å²) >= 11 is 0.